The van der Waals surface area contributed by atoms with Crippen LogP contribution in [0.15, 0.2) is 27.4 Å². The van der Waals surface area contributed by atoms with Crippen molar-refractivity contribution in [1.29, 1.82) is 0 Å². The molecular formula is C15H16I2O2. The summed E-state index contributed by atoms with van der Waals surface area (Å²) >= 11 is 4.51. The van der Waals surface area contributed by atoms with E-state index in [4.69, 9.17) is 4.42 Å². The molecule has 0 bridgehead atoms. The Labute approximate surface area is 140 Å². The lowest BCUT2D eigenvalue weighted by Crippen LogP contribution is -2.03. The van der Waals surface area contributed by atoms with Crippen molar-refractivity contribution < 1.29 is 4.42 Å². The van der Waals surface area contributed by atoms with Crippen molar-refractivity contribution in [1.82, 2.24) is 0 Å². The molecular weight excluding hydrogens is 466 g/mol. The van der Waals surface area contributed by atoms with Crippen LogP contribution in [0.3, 0.4) is 0 Å². The topological polar surface area (TPSA) is 30.2 Å². The summed E-state index contributed by atoms with van der Waals surface area (Å²) in [6.07, 6.45) is 5.60. The fourth-order valence-electron chi connectivity index (χ4n) is 2.11. The van der Waals surface area contributed by atoms with Gasteiger partial charge in [0, 0.05) is 18.9 Å². The molecule has 0 unspecified atom stereocenters. The lowest BCUT2D eigenvalue weighted by atomic mass is 10.1. The van der Waals surface area contributed by atoms with E-state index in [9.17, 15) is 4.79 Å². The number of halogens is 2. The molecule has 102 valence electrons. The van der Waals surface area contributed by atoms with Gasteiger partial charge in [0.2, 0.25) is 0 Å². The number of hydrogen-bond acceptors (Lipinski definition) is 2. The van der Waals surface area contributed by atoms with E-state index >= 15 is 0 Å². The smallest absolute Gasteiger partial charge is 0.343 e. The molecule has 1 aromatic heterocycles. The maximum Gasteiger partial charge on any atom is 0.343 e. The molecule has 0 aliphatic carbocycles. The first-order chi connectivity index (χ1) is 9.11. The molecule has 0 saturated carbocycles. The van der Waals surface area contributed by atoms with Crippen LogP contribution < -0.4 is 5.63 Å². The average molecular weight is 482 g/mol. The fourth-order valence-corrected chi connectivity index (χ4v) is 4.11. The minimum absolute atomic E-state index is 0.209. The Morgan fingerprint density at radius 1 is 1.05 bits per heavy atom. The molecule has 0 spiro atoms. The van der Waals surface area contributed by atoms with Gasteiger partial charge in [-0.25, -0.2) is 4.79 Å². The highest BCUT2D eigenvalue weighted by Crippen LogP contribution is 2.23. The SMILES string of the molecule is CCCCCCc1cc2c(I)cc(I)cc2c(=O)o1. The van der Waals surface area contributed by atoms with E-state index in [1.807, 2.05) is 12.1 Å². The molecule has 1 heterocycles. The zero-order valence-electron chi connectivity index (χ0n) is 10.8. The van der Waals surface area contributed by atoms with Crippen molar-refractivity contribution in [3.05, 3.63) is 41.5 Å². The molecule has 0 radical (unpaired) electrons. The summed E-state index contributed by atoms with van der Waals surface area (Å²) in [6.45, 7) is 2.19. The summed E-state index contributed by atoms with van der Waals surface area (Å²) in [7, 11) is 0. The Hall–Kier alpha value is -0.110. The van der Waals surface area contributed by atoms with Crippen molar-refractivity contribution in [3.63, 3.8) is 0 Å². The van der Waals surface area contributed by atoms with Crippen LogP contribution in [0.2, 0.25) is 0 Å². The highest BCUT2D eigenvalue weighted by molar-refractivity contribution is 14.1. The Morgan fingerprint density at radius 3 is 2.58 bits per heavy atom. The third-order valence-electron chi connectivity index (χ3n) is 3.12. The molecule has 0 aliphatic heterocycles. The number of benzene rings is 1. The normalized spacial score (nSPS) is 11.1. The van der Waals surface area contributed by atoms with Gasteiger partial charge >= 0.3 is 5.63 Å². The number of rotatable bonds is 5. The Bertz CT molecular complexity index is 632. The van der Waals surface area contributed by atoms with E-state index in [1.165, 1.54) is 19.3 Å². The van der Waals surface area contributed by atoms with Crippen LogP contribution >= 0.6 is 45.2 Å². The van der Waals surface area contributed by atoms with Gasteiger partial charge in [0.15, 0.2) is 0 Å². The molecule has 0 fully saturated rings. The number of hydrogen-bond donors (Lipinski definition) is 0. The predicted octanol–water partition coefficient (Wildman–Crippen LogP) is 5.13. The molecule has 1 aromatic carbocycles. The van der Waals surface area contributed by atoms with E-state index in [2.05, 4.69) is 58.2 Å². The number of aryl methyl sites for hydroxylation is 1. The van der Waals surface area contributed by atoms with Gasteiger partial charge in [0.1, 0.15) is 5.76 Å². The van der Waals surface area contributed by atoms with Gasteiger partial charge in [-0.1, -0.05) is 26.2 Å². The largest absolute Gasteiger partial charge is 0.427 e. The monoisotopic (exact) mass is 482 g/mol. The maximum absolute atomic E-state index is 12.0. The molecule has 0 aliphatic rings. The summed E-state index contributed by atoms with van der Waals surface area (Å²) in [4.78, 5) is 12.0. The lowest BCUT2D eigenvalue weighted by molar-refractivity contribution is 0.456. The second-order valence-corrected chi connectivity index (χ2v) is 7.07. The van der Waals surface area contributed by atoms with Crippen LogP contribution in [0, 0.1) is 7.14 Å². The van der Waals surface area contributed by atoms with Gasteiger partial charge in [-0.15, -0.1) is 0 Å². The Kier molecular flexibility index (Phi) is 5.68. The van der Waals surface area contributed by atoms with E-state index in [0.29, 0.717) is 5.39 Å². The van der Waals surface area contributed by atoms with Crippen molar-refractivity contribution >= 4 is 56.0 Å². The molecule has 2 rings (SSSR count). The van der Waals surface area contributed by atoms with Crippen LogP contribution in [-0.2, 0) is 6.42 Å². The summed E-state index contributed by atoms with van der Waals surface area (Å²) in [5.74, 6) is 0.813. The standard InChI is InChI=1S/C15H16I2O2/c1-2-3-4-5-6-11-9-12-13(15(18)19-11)7-10(16)8-14(12)17/h7-9H,2-6H2,1H3. The van der Waals surface area contributed by atoms with Gasteiger partial charge in [0.05, 0.1) is 5.39 Å². The third kappa shape index (κ3) is 3.93. The van der Waals surface area contributed by atoms with Gasteiger partial charge in [0.25, 0.3) is 0 Å². The van der Waals surface area contributed by atoms with Crippen molar-refractivity contribution in [3.8, 4) is 0 Å². The Balaban J connectivity index is 2.31. The van der Waals surface area contributed by atoms with Gasteiger partial charge in [-0.2, -0.15) is 0 Å². The van der Waals surface area contributed by atoms with Crippen molar-refractivity contribution in [2.75, 3.05) is 0 Å². The van der Waals surface area contributed by atoms with Crippen LogP contribution in [0.4, 0.5) is 0 Å². The molecule has 4 heteroatoms. The third-order valence-corrected chi connectivity index (χ3v) is 4.64. The van der Waals surface area contributed by atoms with Crippen LogP contribution in [0.1, 0.15) is 38.4 Å². The molecule has 0 amide bonds. The predicted molar refractivity (Wildman–Crippen MR) is 95.8 cm³/mol. The zero-order valence-corrected chi connectivity index (χ0v) is 15.2. The van der Waals surface area contributed by atoms with Gasteiger partial charge < -0.3 is 4.42 Å². The highest BCUT2D eigenvalue weighted by Gasteiger charge is 2.08. The zero-order chi connectivity index (χ0) is 13.8. The van der Waals surface area contributed by atoms with Crippen LogP contribution in [0.25, 0.3) is 10.8 Å². The van der Waals surface area contributed by atoms with E-state index in [0.717, 1.165) is 31.1 Å². The number of unbranched alkanes of at least 4 members (excludes halogenated alkanes) is 3. The minimum Gasteiger partial charge on any atom is -0.427 e. The van der Waals surface area contributed by atoms with Gasteiger partial charge in [-0.05, 0) is 69.8 Å². The Morgan fingerprint density at radius 2 is 1.84 bits per heavy atom. The molecule has 19 heavy (non-hydrogen) atoms. The van der Waals surface area contributed by atoms with E-state index in [-0.39, 0.29) is 5.63 Å². The summed E-state index contributed by atoms with van der Waals surface area (Å²) in [6, 6.07) is 6.01. The molecule has 0 atom stereocenters. The maximum atomic E-state index is 12.0. The first-order valence-electron chi connectivity index (χ1n) is 6.53. The quantitative estimate of drug-likeness (QED) is 0.438. The van der Waals surface area contributed by atoms with Crippen molar-refractivity contribution in [2.45, 2.75) is 39.0 Å². The molecule has 0 saturated heterocycles. The second-order valence-electron chi connectivity index (χ2n) is 4.66. The molecule has 0 N–H and O–H groups in total. The lowest BCUT2D eigenvalue weighted by Gasteiger charge is -2.05. The highest BCUT2D eigenvalue weighted by atomic mass is 127. The minimum atomic E-state index is -0.209. The van der Waals surface area contributed by atoms with Crippen LogP contribution in [0.5, 0.6) is 0 Å². The van der Waals surface area contributed by atoms with Gasteiger partial charge in [-0.3, -0.25) is 0 Å². The summed E-state index contributed by atoms with van der Waals surface area (Å²) in [5, 5.41) is 1.70. The average Bonchev–Trinajstić information content (AvgIpc) is 2.36. The first kappa shape index (κ1) is 15.3. The summed E-state index contributed by atoms with van der Waals surface area (Å²) in [5.41, 5.74) is -0.209. The van der Waals surface area contributed by atoms with Crippen molar-refractivity contribution in [2.24, 2.45) is 0 Å². The second kappa shape index (κ2) is 7.06. The molecule has 2 nitrogen and oxygen atoms in total. The fraction of sp³-hybridized carbons (Fsp3) is 0.400. The van der Waals surface area contributed by atoms with E-state index in [1.54, 1.807) is 0 Å². The number of fused-ring (bicyclic) bond motifs is 1. The molecule has 2 aromatic rings. The van der Waals surface area contributed by atoms with Crippen LogP contribution in [-0.4, -0.2) is 0 Å². The first-order valence-corrected chi connectivity index (χ1v) is 8.69. The van der Waals surface area contributed by atoms with E-state index < -0.39 is 0 Å². The summed E-state index contributed by atoms with van der Waals surface area (Å²) < 4.78 is 7.60.